The number of ether oxygens (including phenoxy) is 2. The first-order valence-electron chi connectivity index (χ1n) is 11.3. The Balaban J connectivity index is 1.37. The molecule has 2 aromatic heterocycles. The van der Waals surface area contributed by atoms with E-state index in [-0.39, 0.29) is 11.7 Å². The molecule has 2 heterocycles. The SMILES string of the molecule is COC(=O)c1cccc(Cn2cc(/C=N\NC(=O)c3cc4cc(Br)cc(OC)c4o3)c3ccccc32)c1. The number of benzene rings is 3. The van der Waals surface area contributed by atoms with Crippen molar-refractivity contribution in [2.45, 2.75) is 6.54 Å². The van der Waals surface area contributed by atoms with Gasteiger partial charge in [0, 0.05) is 39.1 Å². The fraction of sp³-hybridized carbons (Fsp3) is 0.107. The molecule has 0 saturated carbocycles. The third-order valence-electron chi connectivity index (χ3n) is 5.88. The monoisotopic (exact) mass is 559 g/mol. The molecule has 0 fully saturated rings. The van der Waals surface area contributed by atoms with Crippen molar-refractivity contribution >= 4 is 55.9 Å². The Morgan fingerprint density at radius 1 is 1.08 bits per heavy atom. The minimum atomic E-state index is -0.478. The van der Waals surface area contributed by atoms with E-state index in [2.05, 4.69) is 31.0 Å². The summed E-state index contributed by atoms with van der Waals surface area (Å²) in [5.74, 6) is -0.208. The summed E-state index contributed by atoms with van der Waals surface area (Å²) in [5.41, 5.74) is 6.29. The third-order valence-corrected chi connectivity index (χ3v) is 6.34. The van der Waals surface area contributed by atoms with E-state index in [1.807, 2.05) is 54.7 Å². The molecule has 0 atom stereocenters. The van der Waals surface area contributed by atoms with Gasteiger partial charge in [0.05, 0.1) is 26.0 Å². The summed E-state index contributed by atoms with van der Waals surface area (Å²) in [5, 5.41) is 5.88. The van der Waals surface area contributed by atoms with E-state index in [0.717, 1.165) is 31.9 Å². The van der Waals surface area contributed by atoms with Gasteiger partial charge in [-0.3, -0.25) is 4.79 Å². The molecule has 0 bridgehead atoms. The molecule has 5 aromatic rings. The highest BCUT2D eigenvalue weighted by atomic mass is 79.9. The highest BCUT2D eigenvalue weighted by Crippen LogP contribution is 2.32. The number of amides is 1. The number of rotatable bonds is 7. The van der Waals surface area contributed by atoms with Crippen molar-refractivity contribution in [2.75, 3.05) is 14.2 Å². The number of nitrogens with zero attached hydrogens (tertiary/aromatic N) is 2. The average Bonchev–Trinajstić information content (AvgIpc) is 3.49. The number of carbonyl (C=O) groups excluding carboxylic acids is 2. The van der Waals surface area contributed by atoms with Gasteiger partial charge in [0.2, 0.25) is 0 Å². The van der Waals surface area contributed by atoms with Crippen molar-refractivity contribution in [3.8, 4) is 5.75 Å². The minimum Gasteiger partial charge on any atom is -0.493 e. The summed E-state index contributed by atoms with van der Waals surface area (Å²) in [6, 6.07) is 20.5. The molecule has 0 aliphatic rings. The lowest BCUT2D eigenvalue weighted by Crippen LogP contribution is -2.16. The second-order valence-electron chi connectivity index (χ2n) is 8.26. The lowest BCUT2D eigenvalue weighted by atomic mass is 10.1. The Morgan fingerprint density at radius 2 is 1.92 bits per heavy atom. The zero-order chi connectivity index (χ0) is 25.9. The standard InChI is InChI=1S/C28H22BrN3O5/c1-35-24-13-21(29)11-19-12-25(37-26(19)24)27(33)31-30-14-20-16-32(23-9-4-3-8-22(20)23)15-17-6-5-7-18(10-17)28(34)36-2/h3-14,16H,15H2,1-2H3,(H,31,33)/b30-14-. The number of hydrazone groups is 1. The van der Waals surface area contributed by atoms with Gasteiger partial charge in [-0.1, -0.05) is 46.3 Å². The molecule has 0 aliphatic heterocycles. The van der Waals surface area contributed by atoms with Gasteiger partial charge >= 0.3 is 11.9 Å². The fourth-order valence-electron chi connectivity index (χ4n) is 4.19. The van der Waals surface area contributed by atoms with Crippen molar-refractivity contribution < 1.29 is 23.5 Å². The number of nitrogens with one attached hydrogen (secondary N) is 1. The predicted octanol–water partition coefficient (Wildman–Crippen LogP) is 5.76. The van der Waals surface area contributed by atoms with Gasteiger partial charge in [-0.2, -0.15) is 5.10 Å². The topological polar surface area (TPSA) is 95.1 Å². The molecule has 9 heteroatoms. The second kappa shape index (κ2) is 10.3. The van der Waals surface area contributed by atoms with Crippen LogP contribution in [-0.4, -0.2) is 36.9 Å². The number of aromatic nitrogens is 1. The van der Waals surface area contributed by atoms with Crippen LogP contribution in [0.3, 0.4) is 0 Å². The fourth-order valence-corrected chi connectivity index (χ4v) is 4.64. The smallest absolute Gasteiger partial charge is 0.337 e. The maximum atomic E-state index is 12.7. The summed E-state index contributed by atoms with van der Waals surface area (Å²) >= 11 is 3.43. The highest BCUT2D eigenvalue weighted by Gasteiger charge is 2.16. The predicted molar refractivity (Wildman–Crippen MR) is 144 cm³/mol. The first-order valence-corrected chi connectivity index (χ1v) is 12.1. The molecule has 1 N–H and O–H groups in total. The Bertz CT molecular complexity index is 1670. The van der Waals surface area contributed by atoms with Crippen molar-refractivity contribution in [3.63, 3.8) is 0 Å². The Labute approximate surface area is 220 Å². The molecular formula is C28H22BrN3O5. The number of para-hydroxylation sites is 1. The summed E-state index contributed by atoms with van der Waals surface area (Å²) in [6.07, 6.45) is 3.55. The quantitative estimate of drug-likeness (QED) is 0.155. The Morgan fingerprint density at radius 3 is 2.73 bits per heavy atom. The first kappa shape index (κ1) is 24.3. The molecular weight excluding hydrogens is 538 g/mol. The van der Waals surface area contributed by atoms with E-state index in [9.17, 15) is 9.59 Å². The molecule has 37 heavy (non-hydrogen) atoms. The molecule has 3 aromatic carbocycles. The van der Waals surface area contributed by atoms with Crippen LogP contribution in [0.2, 0.25) is 0 Å². The average molecular weight is 560 g/mol. The van der Waals surface area contributed by atoms with Crippen LogP contribution in [0.1, 0.15) is 32.0 Å². The number of hydrogen-bond acceptors (Lipinski definition) is 6. The van der Waals surface area contributed by atoms with Crippen LogP contribution in [-0.2, 0) is 11.3 Å². The van der Waals surface area contributed by atoms with Crippen LogP contribution in [0.25, 0.3) is 21.9 Å². The number of halogens is 1. The maximum Gasteiger partial charge on any atom is 0.337 e. The first-order chi connectivity index (χ1) is 18.0. The number of carbonyl (C=O) groups is 2. The number of fused-ring (bicyclic) bond motifs is 2. The Hall–Kier alpha value is -4.37. The van der Waals surface area contributed by atoms with Gasteiger partial charge in [0.1, 0.15) is 0 Å². The zero-order valence-corrected chi connectivity index (χ0v) is 21.6. The van der Waals surface area contributed by atoms with Crippen LogP contribution in [0, 0.1) is 0 Å². The van der Waals surface area contributed by atoms with Crippen molar-refractivity contribution in [1.29, 1.82) is 0 Å². The van der Waals surface area contributed by atoms with E-state index in [1.165, 1.54) is 7.11 Å². The maximum absolute atomic E-state index is 12.7. The van der Waals surface area contributed by atoms with E-state index < -0.39 is 5.91 Å². The van der Waals surface area contributed by atoms with Gasteiger partial charge in [-0.15, -0.1) is 0 Å². The largest absolute Gasteiger partial charge is 0.493 e. The van der Waals surface area contributed by atoms with Gasteiger partial charge < -0.3 is 18.5 Å². The molecule has 0 spiro atoms. The molecule has 0 aliphatic carbocycles. The van der Waals surface area contributed by atoms with Gasteiger partial charge in [0.15, 0.2) is 17.1 Å². The summed E-state index contributed by atoms with van der Waals surface area (Å²) < 4.78 is 18.8. The second-order valence-corrected chi connectivity index (χ2v) is 9.17. The van der Waals surface area contributed by atoms with Crippen LogP contribution in [0.15, 0.2) is 86.9 Å². The summed E-state index contributed by atoms with van der Waals surface area (Å²) in [6.45, 7) is 0.544. The number of methoxy groups -OCH3 is 2. The van der Waals surface area contributed by atoms with Gasteiger partial charge in [-0.25, -0.2) is 10.2 Å². The molecule has 186 valence electrons. The van der Waals surface area contributed by atoms with E-state index in [1.54, 1.807) is 31.5 Å². The van der Waals surface area contributed by atoms with Crippen LogP contribution >= 0.6 is 15.9 Å². The van der Waals surface area contributed by atoms with Crippen LogP contribution in [0.5, 0.6) is 5.75 Å². The molecule has 0 radical (unpaired) electrons. The highest BCUT2D eigenvalue weighted by molar-refractivity contribution is 9.10. The van der Waals surface area contributed by atoms with Crippen LogP contribution < -0.4 is 10.2 Å². The molecule has 1 amide bonds. The summed E-state index contributed by atoms with van der Waals surface area (Å²) in [4.78, 5) is 24.6. The zero-order valence-electron chi connectivity index (χ0n) is 20.0. The van der Waals surface area contributed by atoms with Crippen molar-refractivity contribution in [1.82, 2.24) is 9.99 Å². The number of furan rings is 1. The number of esters is 1. The lowest BCUT2D eigenvalue weighted by Gasteiger charge is -2.07. The van der Waals surface area contributed by atoms with Crippen molar-refractivity contribution in [2.24, 2.45) is 5.10 Å². The Kier molecular flexibility index (Phi) is 6.78. The van der Waals surface area contributed by atoms with Crippen LogP contribution in [0.4, 0.5) is 0 Å². The molecule has 0 unspecified atom stereocenters. The molecule has 8 nitrogen and oxygen atoms in total. The van der Waals surface area contributed by atoms with Crippen molar-refractivity contribution in [3.05, 3.63) is 99.9 Å². The van der Waals surface area contributed by atoms with E-state index >= 15 is 0 Å². The van der Waals surface area contributed by atoms with Gasteiger partial charge in [0.25, 0.3) is 0 Å². The third kappa shape index (κ3) is 4.99. The molecule has 0 saturated heterocycles. The molecule has 5 rings (SSSR count). The van der Waals surface area contributed by atoms with E-state index in [0.29, 0.717) is 23.4 Å². The minimum absolute atomic E-state index is 0.122. The van der Waals surface area contributed by atoms with Gasteiger partial charge in [-0.05, 0) is 42.0 Å². The number of hydrogen-bond donors (Lipinski definition) is 1. The normalized spacial score (nSPS) is 11.3. The summed E-state index contributed by atoms with van der Waals surface area (Å²) in [7, 11) is 2.91. The van der Waals surface area contributed by atoms with E-state index in [4.69, 9.17) is 13.9 Å². The lowest BCUT2D eigenvalue weighted by molar-refractivity contribution is 0.0600.